The van der Waals surface area contributed by atoms with E-state index in [4.69, 9.17) is 4.74 Å². The van der Waals surface area contributed by atoms with Gasteiger partial charge in [-0.05, 0) is 12.7 Å². The number of thiol groups is 1. The molecule has 1 nitrogen and oxygen atoms in total. The molecular formula is C6H12OS. The smallest absolute Gasteiger partial charge is 0.0896 e. The SMILES string of the molecule is C=C(CCS)OCC. The van der Waals surface area contributed by atoms with Crippen molar-refractivity contribution >= 4 is 12.6 Å². The average Bonchev–Trinajstić information content (AvgIpc) is 1.68. The predicted molar refractivity (Wildman–Crippen MR) is 39.2 cm³/mol. The zero-order chi connectivity index (χ0) is 6.41. The van der Waals surface area contributed by atoms with E-state index in [0.717, 1.165) is 17.9 Å². The molecule has 0 atom stereocenters. The van der Waals surface area contributed by atoms with Gasteiger partial charge in [0.2, 0.25) is 0 Å². The molecule has 0 heterocycles. The maximum absolute atomic E-state index is 5.04. The van der Waals surface area contributed by atoms with E-state index in [2.05, 4.69) is 19.2 Å². The third-order valence-electron chi connectivity index (χ3n) is 0.739. The molecule has 0 spiro atoms. The topological polar surface area (TPSA) is 9.23 Å². The number of rotatable bonds is 4. The lowest BCUT2D eigenvalue weighted by Gasteiger charge is -2.02. The van der Waals surface area contributed by atoms with Crippen LogP contribution in [0.5, 0.6) is 0 Å². The Bertz CT molecular complexity index is 62.9. The molecule has 0 aliphatic carbocycles. The minimum Gasteiger partial charge on any atom is -0.499 e. The van der Waals surface area contributed by atoms with Crippen molar-refractivity contribution in [2.45, 2.75) is 13.3 Å². The number of hydrogen-bond acceptors (Lipinski definition) is 2. The van der Waals surface area contributed by atoms with E-state index in [1.165, 1.54) is 0 Å². The van der Waals surface area contributed by atoms with Crippen LogP contribution in [0, 0.1) is 0 Å². The van der Waals surface area contributed by atoms with Crippen molar-refractivity contribution in [3.05, 3.63) is 12.3 Å². The van der Waals surface area contributed by atoms with Gasteiger partial charge in [0.05, 0.1) is 12.4 Å². The summed E-state index contributed by atoms with van der Waals surface area (Å²) in [6.45, 7) is 6.33. The first-order valence-corrected chi connectivity index (χ1v) is 3.36. The average molecular weight is 132 g/mol. The van der Waals surface area contributed by atoms with Gasteiger partial charge in [0.1, 0.15) is 0 Å². The molecule has 0 amide bonds. The predicted octanol–water partition coefficient (Wildman–Crippen LogP) is 1.86. The van der Waals surface area contributed by atoms with Gasteiger partial charge in [0, 0.05) is 6.42 Å². The molecule has 8 heavy (non-hydrogen) atoms. The largest absolute Gasteiger partial charge is 0.499 e. The first-order chi connectivity index (χ1) is 3.81. The maximum atomic E-state index is 5.04. The molecule has 48 valence electrons. The Morgan fingerprint density at radius 1 is 1.75 bits per heavy atom. The van der Waals surface area contributed by atoms with Crippen LogP contribution in [0.25, 0.3) is 0 Å². The summed E-state index contributed by atoms with van der Waals surface area (Å²) >= 11 is 4.01. The van der Waals surface area contributed by atoms with Gasteiger partial charge >= 0.3 is 0 Å². The first-order valence-electron chi connectivity index (χ1n) is 2.72. The maximum Gasteiger partial charge on any atom is 0.0896 e. The van der Waals surface area contributed by atoms with Crippen LogP contribution in [-0.2, 0) is 4.74 Å². The van der Waals surface area contributed by atoms with Crippen molar-refractivity contribution < 1.29 is 4.74 Å². The normalized spacial score (nSPS) is 8.75. The Hall–Kier alpha value is -0.110. The van der Waals surface area contributed by atoms with Gasteiger partial charge in [-0.25, -0.2) is 0 Å². The van der Waals surface area contributed by atoms with Crippen LogP contribution >= 0.6 is 12.6 Å². The summed E-state index contributed by atoms with van der Waals surface area (Å²) in [6.07, 6.45) is 0.858. The van der Waals surface area contributed by atoms with Crippen LogP contribution < -0.4 is 0 Å². The Morgan fingerprint density at radius 3 is 2.75 bits per heavy atom. The summed E-state index contributed by atoms with van der Waals surface area (Å²) in [5.41, 5.74) is 0. The lowest BCUT2D eigenvalue weighted by molar-refractivity contribution is 0.223. The van der Waals surface area contributed by atoms with Crippen molar-refractivity contribution in [2.75, 3.05) is 12.4 Å². The van der Waals surface area contributed by atoms with Crippen LogP contribution in [-0.4, -0.2) is 12.4 Å². The summed E-state index contributed by atoms with van der Waals surface area (Å²) in [7, 11) is 0. The fourth-order valence-corrected chi connectivity index (χ4v) is 0.650. The standard InChI is InChI=1S/C6H12OS/c1-3-7-6(2)4-5-8/h8H,2-5H2,1H3. The second-order valence-corrected chi connectivity index (χ2v) is 1.89. The molecular weight excluding hydrogens is 120 g/mol. The summed E-state index contributed by atoms with van der Waals surface area (Å²) in [5.74, 6) is 1.65. The molecule has 0 unspecified atom stereocenters. The van der Waals surface area contributed by atoms with Gasteiger partial charge in [0.25, 0.3) is 0 Å². The van der Waals surface area contributed by atoms with Gasteiger partial charge in [-0.2, -0.15) is 12.6 Å². The molecule has 2 heteroatoms. The van der Waals surface area contributed by atoms with Gasteiger partial charge in [-0.1, -0.05) is 6.58 Å². The fraction of sp³-hybridized carbons (Fsp3) is 0.667. The molecule has 0 fully saturated rings. The summed E-state index contributed by atoms with van der Waals surface area (Å²) < 4.78 is 5.04. The number of ether oxygens (including phenoxy) is 1. The molecule has 0 N–H and O–H groups in total. The Morgan fingerprint density at radius 2 is 2.38 bits per heavy atom. The van der Waals surface area contributed by atoms with Crippen LogP contribution in [0.2, 0.25) is 0 Å². The highest BCUT2D eigenvalue weighted by Gasteiger charge is 1.87. The van der Waals surface area contributed by atoms with Gasteiger partial charge in [0.15, 0.2) is 0 Å². The molecule has 0 rings (SSSR count). The van der Waals surface area contributed by atoms with Crippen LogP contribution in [0.4, 0.5) is 0 Å². The molecule has 0 saturated carbocycles. The second kappa shape index (κ2) is 5.04. The van der Waals surface area contributed by atoms with Crippen LogP contribution in [0.15, 0.2) is 12.3 Å². The molecule has 0 radical (unpaired) electrons. The van der Waals surface area contributed by atoms with E-state index in [9.17, 15) is 0 Å². The van der Waals surface area contributed by atoms with Crippen molar-refractivity contribution in [1.82, 2.24) is 0 Å². The molecule has 0 aromatic rings. The van der Waals surface area contributed by atoms with E-state index in [0.29, 0.717) is 6.61 Å². The van der Waals surface area contributed by atoms with E-state index in [1.807, 2.05) is 6.92 Å². The van der Waals surface area contributed by atoms with Crippen molar-refractivity contribution in [3.63, 3.8) is 0 Å². The monoisotopic (exact) mass is 132 g/mol. The van der Waals surface area contributed by atoms with Crippen molar-refractivity contribution in [3.8, 4) is 0 Å². The third-order valence-corrected chi connectivity index (χ3v) is 0.963. The highest BCUT2D eigenvalue weighted by Crippen LogP contribution is 1.99. The molecule has 0 aliphatic heterocycles. The lowest BCUT2D eigenvalue weighted by Crippen LogP contribution is -1.89. The Labute approximate surface area is 56.1 Å². The molecule has 0 aliphatic rings. The summed E-state index contributed by atoms with van der Waals surface area (Å²) in [6, 6.07) is 0. The highest BCUT2D eigenvalue weighted by atomic mass is 32.1. The first kappa shape index (κ1) is 7.89. The molecule has 0 aromatic carbocycles. The number of allylic oxidation sites excluding steroid dienone is 1. The minimum absolute atomic E-state index is 0.715. The van der Waals surface area contributed by atoms with E-state index >= 15 is 0 Å². The minimum atomic E-state index is 0.715. The quantitative estimate of drug-likeness (QED) is 0.453. The summed E-state index contributed by atoms with van der Waals surface area (Å²) in [5, 5.41) is 0. The van der Waals surface area contributed by atoms with E-state index in [1.54, 1.807) is 0 Å². The molecule has 0 saturated heterocycles. The van der Waals surface area contributed by atoms with Crippen LogP contribution in [0.3, 0.4) is 0 Å². The number of hydrogen-bond donors (Lipinski definition) is 1. The van der Waals surface area contributed by atoms with Crippen molar-refractivity contribution in [1.29, 1.82) is 0 Å². The lowest BCUT2D eigenvalue weighted by atomic mass is 10.4. The van der Waals surface area contributed by atoms with Crippen LogP contribution in [0.1, 0.15) is 13.3 Å². The zero-order valence-electron chi connectivity index (χ0n) is 5.18. The van der Waals surface area contributed by atoms with Gasteiger partial charge < -0.3 is 4.74 Å². The van der Waals surface area contributed by atoms with Gasteiger partial charge in [-0.15, -0.1) is 0 Å². The third kappa shape index (κ3) is 4.06. The fourth-order valence-electron chi connectivity index (χ4n) is 0.401. The van der Waals surface area contributed by atoms with Gasteiger partial charge in [-0.3, -0.25) is 0 Å². The molecule has 0 bridgehead atoms. The van der Waals surface area contributed by atoms with Crippen molar-refractivity contribution in [2.24, 2.45) is 0 Å². The van der Waals surface area contributed by atoms with E-state index in [-0.39, 0.29) is 0 Å². The summed E-state index contributed by atoms with van der Waals surface area (Å²) in [4.78, 5) is 0. The second-order valence-electron chi connectivity index (χ2n) is 1.45. The zero-order valence-corrected chi connectivity index (χ0v) is 6.08. The Balaban J connectivity index is 3.06. The highest BCUT2D eigenvalue weighted by molar-refractivity contribution is 7.80. The molecule has 0 aromatic heterocycles. The van der Waals surface area contributed by atoms with E-state index < -0.39 is 0 Å². The Kier molecular flexibility index (Phi) is 4.97.